The maximum atomic E-state index is 13.5. The van der Waals surface area contributed by atoms with E-state index < -0.39 is 5.60 Å². The minimum absolute atomic E-state index is 0.0717. The molecule has 0 saturated carbocycles. The van der Waals surface area contributed by atoms with E-state index in [1.54, 1.807) is 0 Å². The van der Waals surface area contributed by atoms with Crippen molar-refractivity contribution >= 4 is 17.1 Å². The Labute approximate surface area is 169 Å². The first-order valence-corrected chi connectivity index (χ1v) is 10.5. The van der Waals surface area contributed by atoms with Crippen LogP contribution in [-0.2, 0) is 9.53 Å². The fourth-order valence-electron chi connectivity index (χ4n) is 5.36. The summed E-state index contributed by atoms with van der Waals surface area (Å²) >= 11 is 0. The molecule has 5 heterocycles. The molecule has 1 amide bonds. The summed E-state index contributed by atoms with van der Waals surface area (Å²) in [6.45, 7) is 1.63. The molecule has 2 aromatic heterocycles. The topological polar surface area (TPSA) is 50.1 Å². The fourth-order valence-corrected chi connectivity index (χ4v) is 5.36. The van der Waals surface area contributed by atoms with Gasteiger partial charge in [0, 0.05) is 32.1 Å². The van der Waals surface area contributed by atoms with E-state index in [-0.39, 0.29) is 18.2 Å². The number of piperidine rings is 1. The molecule has 29 heavy (non-hydrogen) atoms. The Kier molecular flexibility index (Phi) is 3.71. The van der Waals surface area contributed by atoms with E-state index in [9.17, 15) is 4.79 Å². The second-order valence-electron chi connectivity index (χ2n) is 8.32. The van der Waals surface area contributed by atoms with Crippen LogP contribution in [0.25, 0.3) is 5.52 Å². The van der Waals surface area contributed by atoms with Crippen molar-refractivity contribution in [2.75, 3.05) is 18.0 Å². The fraction of sp³-hybridized carbons (Fsp3) is 0.391. The SMILES string of the molecule is O=C1N2[C@@H](CC[C@H]2c2ccccc2)OC12CCN(c1cccn3nccc13)CC2. The highest BCUT2D eigenvalue weighted by Crippen LogP contribution is 2.48. The molecule has 148 valence electrons. The van der Waals surface area contributed by atoms with Crippen LogP contribution >= 0.6 is 0 Å². The Balaban J connectivity index is 1.23. The molecule has 0 N–H and O–H groups in total. The molecule has 3 aliphatic heterocycles. The molecule has 0 unspecified atom stereocenters. The molecule has 0 radical (unpaired) electrons. The third kappa shape index (κ3) is 2.52. The van der Waals surface area contributed by atoms with Crippen molar-refractivity contribution in [1.29, 1.82) is 0 Å². The number of aromatic nitrogens is 2. The maximum Gasteiger partial charge on any atom is 0.257 e. The van der Waals surface area contributed by atoms with Crippen LogP contribution < -0.4 is 4.90 Å². The van der Waals surface area contributed by atoms with E-state index in [0.717, 1.165) is 44.3 Å². The lowest BCUT2D eigenvalue weighted by Crippen LogP contribution is -2.50. The van der Waals surface area contributed by atoms with Gasteiger partial charge < -0.3 is 14.5 Å². The molecular weight excluding hydrogens is 364 g/mol. The predicted octanol–water partition coefficient (Wildman–Crippen LogP) is 3.39. The summed E-state index contributed by atoms with van der Waals surface area (Å²) in [7, 11) is 0. The first-order valence-electron chi connectivity index (χ1n) is 10.5. The van der Waals surface area contributed by atoms with Crippen molar-refractivity contribution in [2.45, 2.75) is 43.6 Å². The number of anilines is 1. The Morgan fingerprint density at radius 1 is 1.00 bits per heavy atom. The zero-order valence-corrected chi connectivity index (χ0v) is 16.3. The molecular formula is C23H24N4O2. The molecule has 0 bridgehead atoms. The van der Waals surface area contributed by atoms with E-state index in [4.69, 9.17) is 4.74 Å². The summed E-state index contributed by atoms with van der Waals surface area (Å²) in [5.74, 6) is 0.191. The number of pyridine rings is 1. The number of hydrogen-bond donors (Lipinski definition) is 0. The first-order chi connectivity index (χ1) is 14.3. The van der Waals surface area contributed by atoms with Crippen LogP contribution in [0.15, 0.2) is 60.9 Å². The van der Waals surface area contributed by atoms with E-state index in [2.05, 4.69) is 40.3 Å². The Hall–Kier alpha value is -2.86. The predicted molar refractivity (Wildman–Crippen MR) is 110 cm³/mol. The number of carbonyl (C=O) groups excluding carboxylic acids is 1. The van der Waals surface area contributed by atoms with Gasteiger partial charge in [-0.15, -0.1) is 0 Å². The lowest BCUT2D eigenvalue weighted by atomic mass is 9.89. The summed E-state index contributed by atoms with van der Waals surface area (Å²) < 4.78 is 8.37. The minimum atomic E-state index is -0.653. The summed E-state index contributed by atoms with van der Waals surface area (Å²) in [6.07, 6.45) is 7.08. The molecule has 6 nitrogen and oxygen atoms in total. The van der Waals surface area contributed by atoms with Crippen LogP contribution in [0.3, 0.4) is 0 Å². The van der Waals surface area contributed by atoms with Gasteiger partial charge in [-0.25, -0.2) is 4.52 Å². The van der Waals surface area contributed by atoms with Gasteiger partial charge in [0.2, 0.25) is 0 Å². The van der Waals surface area contributed by atoms with E-state index in [0.29, 0.717) is 0 Å². The van der Waals surface area contributed by atoms with Gasteiger partial charge in [-0.05, 0) is 36.6 Å². The minimum Gasteiger partial charge on any atom is -0.370 e. The molecule has 3 aromatic rings. The van der Waals surface area contributed by atoms with Crippen molar-refractivity contribution in [1.82, 2.24) is 14.5 Å². The standard InChI is InChI=1S/C23H24N4O2/c28-22-23(29-21-9-8-18(27(21)22)17-5-2-1-3-6-17)11-15-25(16-12-23)19-7-4-14-26-20(19)10-13-24-26/h1-7,10,13-14,18,21H,8-9,11-12,15-16H2/t18-,21+/m0/s1. The van der Waals surface area contributed by atoms with E-state index in [1.165, 1.54) is 11.3 Å². The number of hydrogen-bond acceptors (Lipinski definition) is 4. The molecule has 1 aromatic carbocycles. The molecule has 1 spiro atoms. The zero-order chi connectivity index (χ0) is 19.4. The van der Waals surface area contributed by atoms with Crippen LogP contribution in [0.2, 0.25) is 0 Å². The lowest BCUT2D eigenvalue weighted by molar-refractivity contribution is -0.140. The lowest BCUT2D eigenvalue weighted by Gasteiger charge is -2.38. The molecule has 0 aliphatic carbocycles. The Bertz CT molecular complexity index is 1050. The van der Waals surface area contributed by atoms with E-state index in [1.807, 2.05) is 40.0 Å². The molecule has 6 heteroatoms. The van der Waals surface area contributed by atoms with Crippen molar-refractivity contribution in [3.05, 3.63) is 66.5 Å². The van der Waals surface area contributed by atoms with Gasteiger partial charge in [0.1, 0.15) is 6.23 Å². The highest BCUT2D eigenvalue weighted by atomic mass is 16.6. The largest absolute Gasteiger partial charge is 0.370 e. The monoisotopic (exact) mass is 388 g/mol. The first kappa shape index (κ1) is 17.0. The third-order valence-electron chi connectivity index (χ3n) is 6.83. The normalized spacial score (nSPS) is 25.9. The van der Waals surface area contributed by atoms with Crippen molar-refractivity contribution in [2.24, 2.45) is 0 Å². The number of fused-ring (bicyclic) bond motifs is 2. The summed E-state index contributed by atoms with van der Waals surface area (Å²) in [4.78, 5) is 17.9. The second-order valence-corrected chi connectivity index (χ2v) is 8.32. The average Bonchev–Trinajstić information content (AvgIpc) is 3.46. The van der Waals surface area contributed by atoms with Crippen LogP contribution in [-0.4, -0.2) is 45.3 Å². The number of ether oxygens (including phenoxy) is 1. The highest BCUT2D eigenvalue weighted by Gasteiger charge is 2.57. The number of amides is 1. The third-order valence-corrected chi connectivity index (χ3v) is 6.83. The van der Waals surface area contributed by atoms with Crippen molar-refractivity contribution in [3.63, 3.8) is 0 Å². The average molecular weight is 388 g/mol. The summed E-state index contributed by atoms with van der Waals surface area (Å²) in [5.41, 5.74) is 2.84. The van der Waals surface area contributed by atoms with Crippen LogP contribution in [0.5, 0.6) is 0 Å². The van der Waals surface area contributed by atoms with Gasteiger partial charge in [-0.1, -0.05) is 30.3 Å². The smallest absolute Gasteiger partial charge is 0.257 e. The molecule has 2 atom stereocenters. The number of rotatable bonds is 2. The summed E-state index contributed by atoms with van der Waals surface area (Å²) in [5, 5.41) is 4.34. The van der Waals surface area contributed by atoms with Gasteiger partial charge in [-0.2, -0.15) is 5.10 Å². The van der Waals surface area contributed by atoms with E-state index >= 15 is 0 Å². The Morgan fingerprint density at radius 3 is 2.66 bits per heavy atom. The van der Waals surface area contributed by atoms with Crippen molar-refractivity contribution in [3.8, 4) is 0 Å². The van der Waals surface area contributed by atoms with Gasteiger partial charge in [-0.3, -0.25) is 4.79 Å². The molecule has 3 saturated heterocycles. The quantitative estimate of drug-likeness (QED) is 0.675. The molecule has 3 aliphatic rings. The Morgan fingerprint density at radius 2 is 1.83 bits per heavy atom. The molecule has 3 fully saturated rings. The van der Waals surface area contributed by atoms with Gasteiger partial charge >= 0.3 is 0 Å². The second kappa shape index (κ2) is 6.32. The van der Waals surface area contributed by atoms with Gasteiger partial charge in [0.05, 0.1) is 23.4 Å². The number of benzene rings is 1. The van der Waals surface area contributed by atoms with Crippen LogP contribution in [0.1, 0.15) is 37.3 Å². The van der Waals surface area contributed by atoms with Crippen molar-refractivity contribution < 1.29 is 9.53 Å². The zero-order valence-electron chi connectivity index (χ0n) is 16.3. The van der Waals surface area contributed by atoms with Gasteiger partial charge in [0.15, 0.2) is 5.60 Å². The van der Waals surface area contributed by atoms with Crippen LogP contribution in [0.4, 0.5) is 5.69 Å². The summed E-state index contributed by atoms with van der Waals surface area (Å²) in [6, 6.07) is 16.7. The van der Waals surface area contributed by atoms with Gasteiger partial charge in [0.25, 0.3) is 5.91 Å². The number of carbonyl (C=O) groups is 1. The maximum absolute atomic E-state index is 13.5. The molecule has 6 rings (SSSR count). The highest BCUT2D eigenvalue weighted by molar-refractivity contribution is 5.88. The number of nitrogens with zero attached hydrogens (tertiary/aromatic N) is 4. The van der Waals surface area contributed by atoms with Crippen LogP contribution in [0, 0.1) is 0 Å².